The average Bonchev–Trinajstić information content (AvgIpc) is 2.70. The molecule has 0 bridgehead atoms. The van der Waals surface area contributed by atoms with Crippen LogP contribution in [0.25, 0.3) is 0 Å². The standard InChI is InChI=1S/C11H17N3O2/c1-2-13-4-3-9(10(13)12)11(15)14-5-7-16-8-6-14/h3-4H,2,5-8,12H2,1H3. The van der Waals surface area contributed by atoms with Gasteiger partial charge in [-0.1, -0.05) is 0 Å². The number of rotatable bonds is 2. The Bertz CT molecular complexity index is 381. The van der Waals surface area contributed by atoms with Crippen LogP contribution in [0.2, 0.25) is 0 Å². The highest BCUT2D eigenvalue weighted by molar-refractivity contribution is 5.98. The van der Waals surface area contributed by atoms with Crippen molar-refractivity contribution in [3.05, 3.63) is 17.8 Å². The maximum Gasteiger partial charge on any atom is 0.257 e. The monoisotopic (exact) mass is 223 g/mol. The number of carbonyl (C=O) groups excluding carboxylic acids is 1. The van der Waals surface area contributed by atoms with E-state index < -0.39 is 0 Å². The van der Waals surface area contributed by atoms with E-state index in [9.17, 15) is 4.79 Å². The van der Waals surface area contributed by atoms with Crippen LogP contribution < -0.4 is 5.73 Å². The first-order valence-electron chi connectivity index (χ1n) is 5.55. The Morgan fingerprint density at radius 3 is 2.75 bits per heavy atom. The number of nitrogens with zero attached hydrogens (tertiary/aromatic N) is 2. The van der Waals surface area contributed by atoms with Gasteiger partial charge in [0.05, 0.1) is 18.8 Å². The van der Waals surface area contributed by atoms with E-state index in [1.54, 1.807) is 11.0 Å². The number of morpholine rings is 1. The Morgan fingerprint density at radius 2 is 2.19 bits per heavy atom. The summed E-state index contributed by atoms with van der Waals surface area (Å²) in [4.78, 5) is 13.9. The quantitative estimate of drug-likeness (QED) is 0.797. The van der Waals surface area contributed by atoms with E-state index in [4.69, 9.17) is 10.5 Å². The number of ether oxygens (including phenoxy) is 1. The number of aromatic nitrogens is 1. The molecule has 2 rings (SSSR count). The highest BCUT2D eigenvalue weighted by atomic mass is 16.5. The molecule has 0 unspecified atom stereocenters. The Balaban J connectivity index is 2.16. The Labute approximate surface area is 94.8 Å². The second-order valence-electron chi connectivity index (χ2n) is 3.81. The molecule has 0 aromatic carbocycles. The summed E-state index contributed by atoms with van der Waals surface area (Å²) in [5, 5.41) is 0. The molecule has 1 saturated heterocycles. The lowest BCUT2D eigenvalue weighted by Crippen LogP contribution is -2.40. The third-order valence-corrected chi connectivity index (χ3v) is 2.88. The molecule has 1 aliphatic heterocycles. The second kappa shape index (κ2) is 4.57. The summed E-state index contributed by atoms with van der Waals surface area (Å²) in [6.07, 6.45) is 1.85. The van der Waals surface area contributed by atoms with Crippen LogP contribution in [0.15, 0.2) is 12.3 Å². The van der Waals surface area contributed by atoms with Gasteiger partial charge >= 0.3 is 0 Å². The van der Waals surface area contributed by atoms with Crippen molar-refractivity contribution in [1.29, 1.82) is 0 Å². The number of carbonyl (C=O) groups is 1. The van der Waals surface area contributed by atoms with Crippen LogP contribution in [-0.4, -0.2) is 41.7 Å². The molecule has 0 saturated carbocycles. The van der Waals surface area contributed by atoms with E-state index in [-0.39, 0.29) is 5.91 Å². The summed E-state index contributed by atoms with van der Waals surface area (Å²) in [7, 11) is 0. The number of nitrogen functional groups attached to an aromatic ring is 1. The minimum absolute atomic E-state index is 0.00741. The van der Waals surface area contributed by atoms with E-state index in [1.165, 1.54) is 0 Å². The molecule has 88 valence electrons. The van der Waals surface area contributed by atoms with E-state index in [0.717, 1.165) is 6.54 Å². The first-order valence-corrected chi connectivity index (χ1v) is 5.55. The van der Waals surface area contributed by atoms with Gasteiger partial charge in [-0.05, 0) is 13.0 Å². The van der Waals surface area contributed by atoms with Gasteiger partial charge in [0, 0.05) is 25.8 Å². The van der Waals surface area contributed by atoms with Crippen molar-refractivity contribution in [3.8, 4) is 0 Å². The molecule has 1 fully saturated rings. The Morgan fingerprint density at radius 1 is 1.50 bits per heavy atom. The van der Waals surface area contributed by atoms with Gasteiger partial charge < -0.3 is 19.9 Å². The molecule has 1 aromatic heterocycles. The predicted molar refractivity (Wildman–Crippen MR) is 61.2 cm³/mol. The largest absolute Gasteiger partial charge is 0.384 e. The van der Waals surface area contributed by atoms with Gasteiger partial charge in [0.25, 0.3) is 5.91 Å². The van der Waals surface area contributed by atoms with Crippen molar-refractivity contribution in [1.82, 2.24) is 9.47 Å². The highest BCUT2D eigenvalue weighted by Gasteiger charge is 2.21. The molecule has 0 aliphatic carbocycles. The lowest BCUT2D eigenvalue weighted by atomic mass is 10.2. The fourth-order valence-electron chi connectivity index (χ4n) is 1.88. The van der Waals surface area contributed by atoms with E-state index in [2.05, 4.69) is 0 Å². The van der Waals surface area contributed by atoms with Crippen LogP contribution in [0.3, 0.4) is 0 Å². The lowest BCUT2D eigenvalue weighted by Gasteiger charge is -2.26. The third kappa shape index (κ3) is 1.90. The zero-order valence-corrected chi connectivity index (χ0v) is 9.48. The summed E-state index contributed by atoms with van der Waals surface area (Å²) < 4.78 is 7.08. The van der Waals surface area contributed by atoms with Gasteiger partial charge in [-0.15, -0.1) is 0 Å². The summed E-state index contributed by atoms with van der Waals surface area (Å²) in [6.45, 7) is 5.30. The molecular formula is C11H17N3O2. The number of hydrogen-bond donors (Lipinski definition) is 1. The molecule has 1 amide bonds. The minimum Gasteiger partial charge on any atom is -0.384 e. The van der Waals surface area contributed by atoms with Gasteiger partial charge in [0.15, 0.2) is 0 Å². The van der Waals surface area contributed by atoms with E-state index in [0.29, 0.717) is 37.7 Å². The average molecular weight is 223 g/mol. The van der Waals surface area contributed by atoms with Crippen LogP contribution in [0.5, 0.6) is 0 Å². The normalized spacial score (nSPS) is 16.4. The first kappa shape index (κ1) is 11.0. The predicted octanol–water partition coefficient (Wildman–Crippen LogP) is 0.563. The van der Waals surface area contributed by atoms with Crippen LogP contribution in [-0.2, 0) is 11.3 Å². The highest BCUT2D eigenvalue weighted by Crippen LogP contribution is 2.16. The molecule has 0 spiro atoms. The van der Waals surface area contributed by atoms with Gasteiger partial charge in [-0.2, -0.15) is 0 Å². The van der Waals surface area contributed by atoms with E-state index >= 15 is 0 Å². The van der Waals surface area contributed by atoms with Crippen molar-refractivity contribution < 1.29 is 9.53 Å². The van der Waals surface area contributed by atoms with Crippen molar-refractivity contribution in [2.24, 2.45) is 0 Å². The third-order valence-electron chi connectivity index (χ3n) is 2.88. The molecule has 5 heteroatoms. The van der Waals surface area contributed by atoms with Crippen molar-refractivity contribution in [3.63, 3.8) is 0 Å². The van der Waals surface area contributed by atoms with Gasteiger partial charge in [-0.25, -0.2) is 0 Å². The molecular weight excluding hydrogens is 206 g/mol. The van der Waals surface area contributed by atoms with Crippen molar-refractivity contribution >= 4 is 11.7 Å². The maximum atomic E-state index is 12.1. The topological polar surface area (TPSA) is 60.5 Å². The lowest BCUT2D eigenvalue weighted by molar-refractivity contribution is 0.0303. The molecule has 16 heavy (non-hydrogen) atoms. The smallest absolute Gasteiger partial charge is 0.257 e. The Hall–Kier alpha value is -1.49. The summed E-state index contributed by atoms with van der Waals surface area (Å²) >= 11 is 0. The summed E-state index contributed by atoms with van der Waals surface area (Å²) in [6, 6.07) is 1.79. The first-order chi connectivity index (χ1) is 7.74. The fourth-order valence-corrected chi connectivity index (χ4v) is 1.88. The van der Waals surface area contributed by atoms with Crippen molar-refractivity contribution in [2.75, 3.05) is 32.0 Å². The number of nitrogens with two attached hydrogens (primary N) is 1. The zero-order chi connectivity index (χ0) is 11.5. The zero-order valence-electron chi connectivity index (χ0n) is 9.48. The van der Waals surface area contributed by atoms with Crippen molar-refractivity contribution in [2.45, 2.75) is 13.5 Å². The molecule has 0 radical (unpaired) electrons. The number of amides is 1. The fraction of sp³-hybridized carbons (Fsp3) is 0.545. The summed E-state index contributed by atoms with van der Waals surface area (Å²) in [5.74, 6) is 0.562. The minimum atomic E-state index is 0.00741. The molecule has 2 heterocycles. The number of aryl methyl sites for hydroxylation is 1. The van der Waals surface area contributed by atoms with Crippen LogP contribution in [0, 0.1) is 0 Å². The molecule has 1 aliphatic rings. The second-order valence-corrected chi connectivity index (χ2v) is 3.81. The number of hydrogen-bond acceptors (Lipinski definition) is 3. The van der Waals surface area contributed by atoms with Crippen LogP contribution >= 0.6 is 0 Å². The molecule has 5 nitrogen and oxygen atoms in total. The summed E-state index contributed by atoms with van der Waals surface area (Å²) in [5.41, 5.74) is 6.51. The van der Waals surface area contributed by atoms with Crippen LogP contribution in [0.4, 0.5) is 5.82 Å². The number of anilines is 1. The van der Waals surface area contributed by atoms with Gasteiger partial charge in [-0.3, -0.25) is 4.79 Å². The van der Waals surface area contributed by atoms with Crippen LogP contribution in [0.1, 0.15) is 17.3 Å². The Kier molecular flexibility index (Phi) is 3.14. The SMILES string of the molecule is CCn1ccc(C(=O)N2CCOCC2)c1N. The molecule has 1 aromatic rings. The molecule has 0 atom stereocenters. The van der Waals surface area contributed by atoms with Gasteiger partial charge in [0.2, 0.25) is 0 Å². The van der Waals surface area contributed by atoms with E-state index in [1.807, 2.05) is 17.7 Å². The van der Waals surface area contributed by atoms with Gasteiger partial charge in [0.1, 0.15) is 5.82 Å². The maximum absolute atomic E-state index is 12.1. The molecule has 2 N–H and O–H groups in total.